The van der Waals surface area contributed by atoms with Gasteiger partial charge in [0.05, 0.1) is 13.2 Å². The third-order valence-corrected chi connectivity index (χ3v) is 3.93. The van der Waals surface area contributed by atoms with E-state index in [2.05, 4.69) is 36.2 Å². The van der Waals surface area contributed by atoms with E-state index < -0.39 is 0 Å². The number of aromatic nitrogens is 3. The van der Waals surface area contributed by atoms with Gasteiger partial charge in [-0.15, -0.1) is 11.3 Å². The molecular formula is C10H12BrN5OS. The number of halogens is 1. The molecule has 0 aromatic carbocycles. The smallest absolute Gasteiger partial charge is 0.323 e. The average Bonchev–Trinajstić information content (AvgIpc) is 2.72. The summed E-state index contributed by atoms with van der Waals surface area (Å²) in [5, 5.41) is 5.09. The van der Waals surface area contributed by atoms with E-state index in [0.717, 1.165) is 9.35 Å². The first kappa shape index (κ1) is 13.0. The lowest BCUT2D eigenvalue weighted by Gasteiger charge is -2.06. The molecule has 0 amide bonds. The predicted molar refractivity (Wildman–Crippen MR) is 74.8 cm³/mol. The molecule has 0 saturated heterocycles. The van der Waals surface area contributed by atoms with Crippen LogP contribution in [0.4, 0.5) is 11.9 Å². The summed E-state index contributed by atoms with van der Waals surface area (Å²) in [5.74, 6) is 0.549. The Kier molecular flexibility index (Phi) is 4.32. The van der Waals surface area contributed by atoms with Crippen molar-refractivity contribution in [3.8, 4) is 6.01 Å². The number of nitrogens with one attached hydrogen (secondary N) is 1. The van der Waals surface area contributed by atoms with E-state index in [9.17, 15) is 0 Å². The van der Waals surface area contributed by atoms with Crippen LogP contribution in [-0.2, 0) is 6.54 Å². The van der Waals surface area contributed by atoms with Gasteiger partial charge >= 0.3 is 6.01 Å². The molecule has 8 heteroatoms. The SMILES string of the molecule is CCOc1nc(N)nc(NCc2sccc2Br)n1. The van der Waals surface area contributed by atoms with Crippen LogP contribution < -0.4 is 15.8 Å². The summed E-state index contributed by atoms with van der Waals surface area (Å²) in [6.45, 7) is 2.96. The van der Waals surface area contributed by atoms with Crippen molar-refractivity contribution in [2.24, 2.45) is 0 Å². The van der Waals surface area contributed by atoms with E-state index in [0.29, 0.717) is 19.1 Å². The summed E-state index contributed by atoms with van der Waals surface area (Å²) in [6, 6.07) is 2.23. The fourth-order valence-corrected chi connectivity index (χ4v) is 2.69. The monoisotopic (exact) mass is 329 g/mol. The van der Waals surface area contributed by atoms with Crippen molar-refractivity contribution < 1.29 is 4.74 Å². The van der Waals surface area contributed by atoms with Crippen molar-refractivity contribution in [1.29, 1.82) is 0 Å². The molecule has 0 atom stereocenters. The Hall–Kier alpha value is -1.41. The molecule has 96 valence electrons. The minimum Gasteiger partial charge on any atom is -0.464 e. The van der Waals surface area contributed by atoms with Crippen LogP contribution >= 0.6 is 27.3 Å². The van der Waals surface area contributed by atoms with Crippen molar-refractivity contribution in [2.75, 3.05) is 17.7 Å². The molecule has 0 aliphatic rings. The maximum Gasteiger partial charge on any atom is 0.323 e. The quantitative estimate of drug-likeness (QED) is 0.875. The van der Waals surface area contributed by atoms with E-state index in [4.69, 9.17) is 10.5 Å². The summed E-state index contributed by atoms with van der Waals surface area (Å²) in [6.07, 6.45) is 0. The number of thiophene rings is 1. The van der Waals surface area contributed by atoms with Crippen molar-refractivity contribution in [3.63, 3.8) is 0 Å². The fraction of sp³-hybridized carbons (Fsp3) is 0.300. The zero-order valence-electron chi connectivity index (χ0n) is 9.68. The molecule has 2 aromatic rings. The summed E-state index contributed by atoms with van der Waals surface area (Å²) in [5.41, 5.74) is 5.58. The summed E-state index contributed by atoms with van der Waals surface area (Å²) >= 11 is 5.11. The zero-order chi connectivity index (χ0) is 13.0. The number of hydrogen-bond donors (Lipinski definition) is 2. The highest BCUT2D eigenvalue weighted by Crippen LogP contribution is 2.23. The maximum absolute atomic E-state index is 5.58. The lowest BCUT2D eigenvalue weighted by molar-refractivity contribution is 0.312. The highest BCUT2D eigenvalue weighted by Gasteiger charge is 2.06. The molecule has 3 N–H and O–H groups in total. The van der Waals surface area contributed by atoms with Gasteiger partial charge in [0.15, 0.2) is 0 Å². The number of anilines is 2. The van der Waals surface area contributed by atoms with Gasteiger partial charge in [-0.1, -0.05) is 0 Å². The first-order chi connectivity index (χ1) is 8.69. The lowest BCUT2D eigenvalue weighted by atomic mass is 10.5. The van der Waals surface area contributed by atoms with Gasteiger partial charge in [0.25, 0.3) is 0 Å². The van der Waals surface area contributed by atoms with E-state index >= 15 is 0 Å². The Labute approximate surface area is 117 Å². The van der Waals surface area contributed by atoms with Crippen LogP contribution in [0.1, 0.15) is 11.8 Å². The molecule has 2 rings (SSSR count). The summed E-state index contributed by atoms with van der Waals surface area (Å²) < 4.78 is 6.26. The zero-order valence-corrected chi connectivity index (χ0v) is 12.1. The Morgan fingerprint density at radius 2 is 2.28 bits per heavy atom. The molecule has 0 spiro atoms. The molecule has 0 fully saturated rings. The molecule has 0 bridgehead atoms. The van der Waals surface area contributed by atoms with E-state index in [-0.39, 0.29) is 12.0 Å². The second-order valence-electron chi connectivity index (χ2n) is 3.28. The molecule has 2 heterocycles. The number of nitrogens with zero attached hydrogens (tertiary/aromatic N) is 3. The van der Waals surface area contributed by atoms with Crippen LogP contribution in [0.25, 0.3) is 0 Å². The minimum atomic E-state index is 0.140. The van der Waals surface area contributed by atoms with Gasteiger partial charge in [-0.25, -0.2) is 0 Å². The van der Waals surface area contributed by atoms with Gasteiger partial charge in [-0.05, 0) is 34.3 Å². The van der Waals surface area contributed by atoms with Gasteiger partial charge in [-0.3, -0.25) is 0 Å². The van der Waals surface area contributed by atoms with Gasteiger partial charge in [0, 0.05) is 9.35 Å². The molecule has 0 aliphatic carbocycles. The molecule has 18 heavy (non-hydrogen) atoms. The first-order valence-electron chi connectivity index (χ1n) is 5.29. The average molecular weight is 330 g/mol. The Morgan fingerprint density at radius 1 is 1.44 bits per heavy atom. The van der Waals surface area contributed by atoms with Gasteiger partial charge in [0.1, 0.15) is 0 Å². The predicted octanol–water partition coefficient (Wildman–Crippen LogP) is 2.29. The van der Waals surface area contributed by atoms with Crippen LogP contribution in [-0.4, -0.2) is 21.6 Å². The minimum absolute atomic E-state index is 0.140. The molecule has 0 aliphatic heterocycles. The van der Waals surface area contributed by atoms with Gasteiger partial charge in [0.2, 0.25) is 11.9 Å². The van der Waals surface area contributed by atoms with Gasteiger partial charge in [-0.2, -0.15) is 15.0 Å². The van der Waals surface area contributed by atoms with Crippen LogP contribution in [0.3, 0.4) is 0 Å². The van der Waals surface area contributed by atoms with Gasteiger partial charge < -0.3 is 15.8 Å². The second-order valence-corrected chi connectivity index (χ2v) is 5.13. The van der Waals surface area contributed by atoms with Crippen molar-refractivity contribution >= 4 is 39.2 Å². The van der Waals surface area contributed by atoms with Crippen molar-refractivity contribution in [1.82, 2.24) is 15.0 Å². The van der Waals surface area contributed by atoms with E-state index in [1.807, 2.05) is 18.4 Å². The molecule has 2 aromatic heterocycles. The van der Waals surface area contributed by atoms with E-state index in [1.54, 1.807) is 11.3 Å². The fourth-order valence-electron chi connectivity index (χ4n) is 1.26. The normalized spacial score (nSPS) is 10.3. The molecular weight excluding hydrogens is 318 g/mol. The van der Waals surface area contributed by atoms with Crippen molar-refractivity contribution in [3.05, 3.63) is 20.8 Å². The van der Waals surface area contributed by atoms with Crippen LogP contribution in [0, 0.1) is 0 Å². The Bertz CT molecular complexity index is 533. The number of rotatable bonds is 5. The largest absolute Gasteiger partial charge is 0.464 e. The first-order valence-corrected chi connectivity index (χ1v) is 6.96. The lowest BCUT2D eigenvalue weighted by Crippen LogP contribution is -2.08. The number of nitrogens with two attached hydrogens (primary N) is 1. The highest BCUT2D eigenvalue weighted by atomic mass is 79.9. The summed E-state index contributed by atoms with van der Waals surface area (Å²) in [4.78, 5) is 13.1. The van der Waals surface area contributed by atoms with Crippen LogP contribution in [0.5, 0.6) is 6.01 Å². The third-order valence-electron chi connectivity index (χ3n) is 2.00. The Balaban J connectivity index is 2.07. The molecule has 0 unspecified atom stereocenters. The summed E-state index contributed by atoms with van der Waals surface area (Å²) in [7, 11) is 0. The molecule has 6 nitrogen and oxygen atoms in total. The third kappa shape index (κ3) is 3.30. The Morgan fingerprint density at radius 3 is 2.94 bits per heavy atom. The molecule has 0 radical (unpaired) electrons. The van der Waals surface area contributed by atoms with Crippen LogP contribution in [0.15, 0.2) is 15.9 Å². The maximum atomic E-state index is 5.58. The second kappa shape index (κ2) is 5.96. The topological polar surface area (TPSA) is 86.0 Å². The van der Waals surface area contributed by atoms with Crippen LogP contribution in [0.2, 0.25) is 0 Å². The number of ether oxygens (including phenoxy) is 1. The van der Waals surface area contributed by atoms with E-state index in [1.165, 1.54) is 0 Å². The standard InChI is InChI=1S/C10H12BrN5OS/c1-2-17-10-15-8(12)14-9(16-10)13-5-7-6(11)3-4-18-7/h3-4H,2,5H2,1H3,(H3,12,13,14,15,16). The molecule has 0 saturated carbocycles. The number of nitrogen functional groups attached to an aromatic ring is 1. The number of hydrogen-bond acceptors (Lipinski definition) is 7. The van der Waals surface area contributed by atoms with Crippen molar-refractivity contribution in [2.45, 2.75) is 13.5 Å². The highest BCUT2D eigenvalue weighted by molar-refractivity contribution is 9.10.